The van der Waals surface area contributed by atoms with Gasteiger partial charge >= 0.3 is 18.2 Å². The molecule has 1 aliphatic carbocycles. The van der Waals surface area contributed by atoms with Crippen LogP contribution in [0.25, 0.3) is 33.3 Å². The van der Waals surface area contributed by atoms with Gasteiger partial charge < -0.3 is 38.8 Å². The van der Waals surface area contributed by atoms with Crippen molar-refractivity contribution in [3.63, 3.8) is 0 Å². The van der Waals surface area contributed by atoms with Crippen LogP contribution >= 0.6 is 0 Å². The molecule has 5 atom stereocenters. The number of hydrazine groups is 1. The van der Waals surface area contributed by atoms with Crippen LogP contribution in [-0.2, 0) is 46.4 Å². The number of hydrogen-bond acceptors (Lipinski definition) is 10. The zero-order valence-corrected chi connectivity index (χ0v) is 43.7. The number of alkyl halides is 3. The van der Waals surface area contributed by atoms with Crippen molar-refractivity contribution in [1.82, 2.24) is 40.0 Å². The molecule has 20 heteroatoms. The lowest BCUT2D eigenvalue weighted by atomic mass is 9.67. The number of cyclic esters (lactones) is 1. The molecular weight excluding hydrogens is 974 g/mol. The molecule has 3 radical (unpaired) electrons. The van der Waals surface area contributed by atoms with E-state index in [9.17, 15) is 32.3 Å². The maximum absolute atomic E-state index is 15.1. The summed E-state index contributed by atoms with van der Waals surface area (Å²) in [7, 11) is 6.91. The van der Waals surface area contributed by atoms with E-state index in [0.717, 1.165) is 0 Å². The maximum Gasteiger partial charge on any atom is 0.406 e. The summed E-state index contributed by atoms with van der Waals surface area (Å²) in [5.41, 5.74) is 5.83. The van der Waals surface area contributed by atoms with Gasteiger partial charge in [0.25, 0.3) is 5.91 Å². The number of halogens is 3. The molecule has 3 fully saturated rings. The van der Waals surface area contributed by atoms with E-state index in [1.165, 1.54) is 20.6 Å². The molecule has 9 rings (SSSR count). The molecule has 6 heterocycles. The molecule has 2 N–H and O–H groups in total. The molecular formula is C54H64F3N8O8Si. The SMILES string of the molecule is C=CC(=O)N1CCOC2(CCN(C(=O)N(C)[C@H](C(=O)NC3([Si])Cc4cccc(c4)-c4ccc5c(c4)c4c(n5CC(F)(F)F)-c5cccnc5[C@@H](OC)C4C(C)(C)COC(=O)[C@@H]4CCCN(N4)C3=O)C(C)C)CC2)C1. The lowest BCUT2D eigenvalue weighted by Crippen LogP contribution is -2.69. The Morgan fingerprint density at radius 3 is 2.49 bits per heavy atom. The molecule has 6 bridgehead atoms. The summed E-state index contributed by atoms with van der Waals surface area (Å²) in [6.45, 7) is 11.7. The Hall–Kier alpha value is -6.09. The van der Waals surface area contributed by atoms with Crippen molar-refractivity contribution in [2.45, 2.75) is 107 Å². The Morgan fingerprint density at radius 2 is 1.78 bits per heavy atom. The Kier molecular flexibility index (Phi) is 14.4. The van der Waals surface area contributed by atoms with Gasteiger partial charge in [-0.05, 0) is 84.2 Å². The summed E-state index contributed by atoms with van der Waals surface area (Å²) in [6, 6.07) is 13.8. The summed E-state index contributed by atoms with van der Waals surface area (Å²) in [5, 5.41) is 3.05. The number of methoxy groups -OCH3 is 1. The fraction of sp³-hybridized carbons (Fsp3) is 0.519. The van der Waals surface area contributed by atoms with Crippen molar-refractivity contribution in [3.05, 3.63) is 90.3 Å². The van der Waals surface area contributed by atoms with Crippen molar-refractivity contribution in [3.8, 4) is 22.4 Å². The first-order valence-corrected chi connectivity index (χ1v) is 25.8. The topological polar surface area (TPSA) is 168 Å². The number of piperidine rings is 1. The van der Waals surface area contributed by atoms with Crippen LogP contribution in [0.1, 0.15) is 82.2 Å². The number of pyridine rings is 1. The zero-order valence-electron chi connectivity index (χ0n) is 42.7. The van der Waals surface area contributed by atoms with Crippen LogP contribution in [0.2, 0.25) is 0 Å². The largest absolute Gasteiger partial charge is 0.464 e. The summed E-state index contributed by atoms with van der Waals surface area (Å²) in [6.07, 6.45) is -0.844. The number of benzene rings is 2. The van der Waals surface area contributed by atoms with Crippen LogP contribution < -0.4 is 10.7 Å². The van der Waals surface area contributed by atoms with E-state index in [0.29, 0.717) is 109 Å². The van der Waals surface area contributed by atoms with Gasteiger partial charge in [-0.25, -0.2) is 10.2 Å². The van der Waals surface area contributed by atoms with Gasteiger partial charge in [-0.2, -0.15) is 13.2 Å². The number of carbonyl (C=O) groups is 5. The quantitative estimate of drug-likeness (QED) is 0.122. The Labute approximate surface area is 432 Å². The number of fused-ring (bicyclic) bond motifs is 8. The smallest absolute Gasteiger partial charge is 0.406 e. The van der Waals surface area contributed by atoms with Crippen molar-refractivity contribution >= 4 is 50.9 Å². The molecule has 74 heavy (non-hydrogen) atoms. The van der Waals surface area contributed by atoms with Crippen molar-refractivity contribution in [2.24, 2.45) is 11.3 Å². The molecule has 2 aromatic heterocycles. The summed E-state index contributed by atoms with van der Waals surface area (Å²) in [4.78, 5) is 80.5. The highest BCUT2D eigenvalue weighted by atomic mass is 28.1. The van der Waals surface area contributed by atoms with Gasteiger partial charge in [0.1, 0.15) is 29.9 Å². The second-order valence-electron chi connectivity index (χ2n) is 21.5. The summed E-state index contributed by atoms with van der Waals surface area (Å²) >= 11 is 0. The van der Waals surface area contributed by atoms with Gasteiger partial charge in [-0.15, -0.1) is 0 Å². The maximum atomic E-state index is 15.1. The number of likely N-dealkylation sites (tertiary alicyclic amines) is 1. The van der Waals surface area contributed by atoms with E-state index in [4.69, 9.17) is 14.2 Å². The first-order valence-electron chi connectivity index (χ1n) is 25.3. The Morgan fingerprint density at radius 1 is 1.04 bits per heavy atom. The van der Waals surface area contributed by atoms with Crippen molar-refractivity contribution in [2.75, 3.05) is 60.1 Å². The molecule has 393 valence electrons. The van der Waals surface area contributed by atoms with E-state index in [-0.39, 0.29) is 31.5 Å². The van der Waals surface area contributed by atoms with Crippen LogP contribution in [0.4, 0.5) is 18.0 Å². The number of hydrogen-bond donors (Lipinski definition) is 2. The minimum absolute atomic E-state index is 0.104. The fourth-order valence-corrected chi connectivity index (χ4v) is 12.4. The molecule has 4 aliphatic heterocycles. The van der Waals surface area contributed by atoms with Gasteiger partial charge in [-0.1, -0.05) is 64.6 Å². The minimum atomic E-state index is -4.59. The fourth-order valence-electron chi connectivity index (χ4n) is 12.0. The molecule has 16 nitrogen and oxygen atoms in total. The molecule has 2 aromatic carbocycles. The highest BCUT2D eigenvalue weighted by Crippen LogP contribution is 2.57. The predicted molar refractivity (Wildman–Crippen MR) is 270 cm³/mol. The number of urea groups is 1. The third-order valence-corrected chi connectivity index (χ3v) is 16.1. The number of morpholine rings is 1. The standard InChI is InChI=1S/C54H64F3N8O8Si/c1-8-40(66)63-24-25-73-52(29-63)18-22-62(23-19-52)50(70)61(6)44(32(2)3)47(67)59-53(74)28-33-12-9-13-34(26-33)35-16-17-39-37(27-35)41-42(51(4,5)31-72-48(68)38-15-11-21-65(60-38)49(53)69)46(71-7)43-36(14-10-20-58-43)45(41)64(39)30-54(55,56)57/h8-10,12-14,16-17,20,26-27,32,38,42,44,46,60H,1,11,15,18-19,21-25,28-31H2,2-7H3,(H,59,67)/t38-,42?,44-,46-,53?/m0/s1. The zero-order chi connectivity index (χ0) is 53.1. The third-order valence-electron chi connectivity index (χ3n) is 15.5. The monoisotopic (exact) mass is 1040 g/mol. The molecule has 4 aromatic rings. The number of amides is 5. The molecule has 2 unspecified atom stereocenters. The number of nitrogens with zero attached hydrogens (tertiary/aromatic N) is 6. The average Bonchev–Trinajstić information content (AvgIpc) is 3.68. The molecule has 5 amide bonds. The van der Waals surface area contributed by atoms with E-state index in [1.807, 2.05) is 58.0 Å². The molecule has 0 saturated carbocycles. The van der Waals surface area contributed by atoms with Crippen LogP contribution in [0.3, 0.4) is 0 Å². The predicted octanol–water partition coefficient (Wildman–Crippen LogP) is 6.28. The van der Waals surface area contributed by atoms with Crippen LogP contribution in [-0.4, -0.2) is 158 Å². The normalized spacial score (nSPS) is 24.2. The van der Waals surface area contributed by atoms with Gasteiger partial charge in [-0.3, -0.25) is 29.2 Å². The van der Waals surface area contributed by atoms with Gasteiger partial charge in [0.2, 0.25) is 11.8 Å². The number of rotatable bonds is 7. The number of likely N-dealkylation sites (N-methyl/N-ethyl adjacent to an activating group) is 1. The average molecular weight is 1040 g/mol. The molecule has 1 spiro atoms. The van der Waals surface area contributed by atoms with Gasteiger partial charge in [0, 0.05) is 80.8 Å². The summed E-state index contributed by atoms with van der Waals surface area (Å²) in [5.74, 6) is -3.08. The van der Waals surface area contributed by atoms with E-state index >= 15 is 4.79 Å². The van der Waals surface area contributed by atoms with Crippen LogP contribution in [0, 0.1) is 11.3 Å². The lowest BCUT2D eigenvalue weighted by Gasteiger charge is -2.48. The Balaban J connectivity index is 1.08. The van der Waals surface area contributed by atoms with E-state index in [1.54, 1.807) is 54.4 Å². The van der Waals surface area contributed by atoms with Crippen molar-refractivity contribution in [1.29, 1.82) is 0 Å². The second-order valence-corrected chi connectivity index (χ2v) is 22.3. The van der Waals surface area contributed by atoms with Gasteiger partial charge in [0.05, 0.1) is 47.0 Å². The summed E-state index contributed by atoms with van der Waals surface area (Å²) < 4.78 is 64.0. The van der Waals surface area contributed by atoms with E-state index < -0.39 is 76.7 Å². The van der Waals surface area contributed by atoms with Crippen LogP contribution in [0.15, 0.2) is 73.4 Å². The number of aromatic nitrogens is 2. The van der Waals surface area contributed by atoms with Crippen LogP contribution in [0.5, 0.6) is 0 Å². The second kappa shape index (κ2) is 20.2. The highest BCUT2D eigenvalue weighted by Gasteiger charge is 2.50. The lowest BCUT2D eigenvalue weighted by molar-refractivity contribution is -0.157. The number of ether oxygens (including phenoxy) is 3. The molecule has 5 aliphatic rings. The number of nitrogens with one attached hydrogen (secondary N) is 2. The third kappa shape index (κ3) is 9.97. The number of esters is 1. The van der Waals surface area contributed by atoms with Crippen molar-refractivity contribution < 1.29 is 51.4 Å². The molecule has 3 saturated heterocycles. The Bertz CT molecular complexity index is 2870. The minimum Gasteiger partial charge on any atom is -0.464 e. The van der Waals surface area contributed by atoms with Gasteiger partial charge in [0.15, 0.2) is 0 Å². The van der Waals surface area contributed by atoms with E-state index in [2.05, 4.69) is 32.5 Å². The number of carbonyl (C=O) groups excluding carboxylic acids is 5. The first kappa shape index (κ1) is 52.8. The first-order chi connectivity index (χ1) is 35.1. The highest BCUT2D eigenvalue weighted by molar-refractivity contribution is 6.29.